The van der Waals surface area contributed by atoms with Gasteiger partial charge in [0.2, 0.25) is 0 Å². The largest absolute Gasteiger partial charge is 0.497 e. The van der Waals surface area contributed by atoms with Gasteiger partial charge in [0, 0.05) is 52.0 Å². The molecule has 6 nitrogen and oxygen atoms in total. The van der Waals surface area contributed by atoms with Crippen LogP contribution >= 0.6 is 0 Å². The Bertz CT molecular complexity index is 788. The number of benzene rings is 2. The van der Waals surface area contributed by atoms with E-state index >= 15 is 0 Å². The Hall–Kier alpha value is -2.73. The topological polar surface area (TPSA) is 48.1 Å². The van der Waals surface area contributed by atoms with Crippen LogP contribution in [0, 0.1) is 0 Å². The van der Waals surface area contributed by atoms with Crippen LogP contribution in [0.5, 0.6) is 5.75 Å². The SMILES string of the molecule is COc1cccc(CN(C)C(=O)NCc2ccccc2N2CCN(C)CC2)c1. The van der Waals surface area contributed by atoms with Crippen molar-refractivity contribution in [3.63, 3.8) is 0 Å². The third-order valence-corrected chi connectivity index (χ3v) is 5.17. The fraction of sp³-hybridized carbons (Fsp3) is 0.409. The van der Waals surface area contributed by atoms with Crippen LogP contribution in [0.2, 0.25) is 0 Å². The van der Waals surface area contributed by atoms with Crippen molar-refractivity contribution in [1.29, 1.82) is 0 Å². The van der Waals surface area contributed by atoms with Crippen LogP contribution in [0.15, 0.2) is 48.5 Å². The van der Waals surface area contributed by atoms with Gasteiger partial charge in [-0.3, -0.25) is 0 Å². The lowest BCUT2D eigenvalue weighted by Crippen LogP contribution is -2.45. The molecule has 0 unspecified atom stereocenters. The Kier molecular flexibility index (Phi) is 6.76. The van der Waals surface area contributed by atoms with Crippen molar-refractivity contribution in [2.75, 3.05) is 52.3 Å². The zero-order valence-electron chi connectivity index (χ0n) is 17.0. The molecule has 1 aliphatic heterocycles. The number of methoxy groups -OCH3 is 1. The average molecular weight is 383 g/mol. The van der Waals surface area contributed by atoms with Crippen molar-refractivity contribution in [2.45, 2.75) is 13.1 Å². The molecular weight excluding hydrogens is 352 g/mol. The van der Waals surface area contributed by atoms with E-state index in [1.54, 1.807) is 19.1 Å². The average Bonchev–Trinajstić information content (AvgIpc) is 2.73. The molecule has 0 atom stereocenters. The molecule has 0 bridgehead atoms. The maximum atomic E-state index is 12.6. The number of carbonyl (C=O) groups is 1. The number of rotatable bonds is 6. The summed E-state index contributed by atoms with van der Waals surface area (Å²) in [4.78, 5) is 19.0. The van der Waals surface area contributed by atoms with Crippen molar-refractivity contribution < 1.29 is 9.53 Å². The van der Waals surface area contributed by atoms with Gasteiger partial charge in [0.1, 0.15) is 5.75 Å². The number of likely N-dealkylation sites (N-methyl/N-ethyl adjacent to an activating group) is 1. The minimum absolute atomic E-state index is 0.0870. The first-order valence-electron chi connectivity index (χ1n) is 9.70. The fourth-order valence-corrected chi connectivity index (χ4v) is 3.44. The van der Waals surface area contributed by atoms with Gasteiger partial charge >= 0.3 is 6.03 Å². The number of nitrogens with zero attached hydrogens (tertiary/aromatic N) is 3. The maximum absolute atomic E-state index is 12.6. The van der Waals surface area contributed by atoms with E-state index < -0.39 is 0 Å². The van der Waals surface area contributed by atoms with Gasteiger partial charge < -0.3 is 24.8 Å². The summed E-state index contributed by atoms with van der Waals surface area (Å²) >= 11 is 0. The first-order valence-corrected chi connectivity index (χ1v) is 9.70. The van der Waals surface area contributed by atoms with Crippen LogP contribution in [0.4, 0.5) is 10.5 Å². The summed E-state index contributed by atoms with van der Waals surface area (Å²) in [6.07, 6.45) is 0. The Morgan fingerprint density at radius 3 is 2.61 bits per heavy atom. The molecule has 150 valence electrons. The van der Waals surface area contributed by atoms with E-state index in [9.17, 15) is 4.79 Å². The lowest BCUT2D eigenvalue weighted by molar-refractivity contribution is 0.206. The molecule has 0 aromatic heterocycles. The summed E-state index contributed by atoms with van der Waals surface area (Å²) in [5.41, 5.74) is 3.40. The van der Waals surface area contributed by atoms with Gasteiger partial charge in [0.05, 0.1) is 7.11 Å². The monoisotopic (exact) mass is 382 g/mol. The predicted octanol–water partition coefficient (Wildman–Crippen LogP) is 2.79. The number of carbonyl (C=O) groups excluding carboxylic acids is 1. The molecule has 0 radical (unpaired) electrons. The number of para-hydroxylation sites is 1. The van der Waals surface area contributed by atoms with Gasteiger partial charge in [-0.15, -0.1) is 0 Å². The second-order valence-corrected chi connectivity index (χ2v) is 7.29. The molecule has 28 heavy (non-hydrogen) atoms. The van der Waals surface area contributed by atoms with E-state index in [0.717, 1.165) is 43.1 Å². The zero-order valence-corrected chi connectivity index (χ0v) is 17.0. The Labute approximate surface area is 167 Å². The summed E-state index contributed by atoms with van der Waals surface area (Å²) < 4.78 is 5.25. The highest BCUT2D eigenvalue weighted by Gasteiger charge is 2.17. The van der Waals surface area contributed by atoms with Crippen molar-refractivity contribution >= 4 is 11.7 Å². The molecular formula is C22H30N4O2. The maximum Gasteiger partial charge on any atom is 0.317 e. The van der Waals surface area contributed by atoms with Crippen LogP contribution in [0.25, 0.3) is 0 Å². The lowest BCUT2D eigenvalue weighted by Gasteiger charge is -2.35. The first-order chi connectivity index (χ1) is 13.6. The summed E-state index contributed by atoms with van der Waals surface area (Å²) in [7, 11) is 5.61. The fourth-order valence-electron chi connectivity index (χ4n) is 3.44. The van der Waals surface area contributed by atoms with Crippen molar-refractivity contribution in [2.24, 2.45) is 0 Å². The minimum atomic E-state index is -0.0870. The van der Waals surface area contributed by atoms with Crippen LogP contribution in [0.3, 0.4) is 0 Å². The van der Waals surface area contributed by atoms with E-state index in [2.05, 4.69) is 40.4 Å². The first kappa shape index (κ1) is 20.0. The van der Waals surface area contributed by atoms with Crippen LogP contribution in [-0.4, -0.2) is 63.2 Å². The van der Waals surface area contributed by atoms with E-state index in [1.165, 1.54) is 5.69 Å². The Balaban J connectivity index is 1.58. The van der Waals surface area contributed by atoms with Crippen molar-refractivity contribution in [1.82, 2.24) is 15.1 Å². The molecule has 1 N–H and O–H groups in total. The molecule has 1 saturated heterocycles. The molecule has 0 aliphatic carbocycles. The smallest absolute Gasteiger partial charge is 0.317 e. The third-order valence-electron chi connectivity index (χ3n) is 5.17. The third kappa shape index (κ3) is 5.16. The van der Waals surface area contributed by atoms with E-state index in [4.69, 9.17) is 4.74 Å². The van der Waals surface area contributed by atoms with Gasteiger partial charge in [-0.05, 0) is 36.4 Å². The van der Waals surface area contributed by atoms with E-state index in [0.29, 0.717) is 13.1 Å². The van der Waals surface area contributed by atoms with Crippen molar-refractivity contribution in [3.05, 3.63) is 59.7 Å². The molecule has 2 aromatic rings. The predicted molar refractivity (Wildman–Crippen MR) is 113 cm³/mol. The molecule has 0 spiro atoms. The van der Waals surface area contributed by atoms with Gasteiger partial charge in [-0.2, -0.15) is 0 Å². The van der Waals surface area contributed by atoms with Gasteiger partial charge in [-0.1, -0.05) is 30.3 Å². The molecule has 3 rings (SSSR count). The van der Waals surface area contributed by atoms with Gasteiger partial charge in [0.25, 0.3) is 0 Å². The second-order valence-electron chi connectivity index (χ2n) is 7.29. The van der Waals surface area contributed by atoms with Crippen LogP contribution in [0.1, 0.15) is 11.1 Å². The van der Waals surface area contributed by atoms with Crippen LogP contribution in [-0.2, 0) is 13.1 Å². The van der Waals surface area contributed by atoms with Gasteiger partial charge in [-0.25, -0.2) is 4.79 Å². The normalized spacial score (nSPS) is 14.6. The van der Waals surface area contributed by atoms with E-state index in [-0.39, 0.29) is 6.03 Å². The lowest BCUT2D eigenvalue weighted by atomic mass is 10.1. The molecule has 1 fully saturated rings. The molecule has 2 amide bonds. The van der Waals surface area contributed by atoms with Crippen molar-refractivity contribution in [3.8, 4) is 5.75 Å². The summed E-state index contributed by atoms with van der Waals surface area (Å²) in [5, 5.41) is 3.05. The summed E-state index contributed by atoms with van der Waals surface area (Å²) in [6, 6.07) is 16.0. The number of urea groups is 1. The number of nitrogens with one attached hydrogen (secondary N) is 1. The summed E-state index contributed by atoms with van der Waals surface area (Å²) in [6.45, 7) is 5.19. The molecule has 1 heterocycles. The number of piperazine rings is 1. The highest BCUT2D eigenvalue weighted by atomic mass is 16.5. The Morgan fingerprint density at radius 1 is 1.11 bits per heavy atom. The molecule has 2 aromatic carbocycles. The number of ether oxygens (including phenoxy) is 1. The summed E-state index contributed by atoms with van der Waals surface area (Å²) in [5.74, 6) is 0.799. The number of hydrogen-bond acceptors (Lipinski definition) is 4. The second kappa shape index (κ2) is 9.46. The standard InChI is InChI=1S/C22H30N4O2/c1-24-11-13-26(14-12-24)21-10-5-4-8-19(21)16-23-22(27)25(2)17-18-7-6-9-20(15-18)28-3/h4-10,15H,11-14,16-17H2,1-3H3,(H,23,27). The number of amides is 2. The van der Waals surface area contributed by atoms with E-state index in [1.807, 2.05) is 30.3 Å². The van der Waals surface area contributed by atoms with Crippen LogP contribution < -0.4 is 15.0 Å². The number of hydrogen-bond donors (Lipinski definition) is 1. The zero-order chi connectivity index (χ0) is 19.9. The van der Waals surface area contributed by atoms with Gasteiger partial charge in [0.15, 0.2) is 0 Å². The highest BCUT2D eigenvalue weighted by molar-refractivity contribution is 5.74. The quantitative estimate of drug-likeness (QED) is 0.835. The minimum Gasteiger partial charge on any atom is -0.497 e. The Morgan fingerprint density at radius 2 is 1.86 bits per heavy atom. The molecule has 1 aliphatic rings. The molecule has 6 heteroatoms. The number of anilines is 1. The highest BCUT2D eigenvalue weighted by Crippen LogP contribution is 2.21. The molecule has 0 saturated carbocycles.